The van der Waals surface area contributed by atoms with Gasteiger partial charge in [0.2, 0.25) is 0 Å². The molecule has 0 saturated carbocycles. The minimum absolute atomic E-state index is 0. The third kappa shape index (κ3) is 20.7. The smallest absolute Gasteiger partial charge is 0.296 e. The van der Waals surface area contributed by atoms with Crippen LogP contribution < -0.4 is 0 Å². The molecule has 0 aromatic heterocycles. The minimum Gasteiger partial charge on any atom is -0.394 e. The summed E-state index contributed by atoms with van der Waals surface area (Å²) >= 11 is 0. The lowest BCUT2D eigenvalue weighted by Crippen LogP contribution is -2.22. The van der Waals surface area contributed by atoms with Crippen LogP contribution in [0.1, 0.15) is 48.0 Å². The molecular weight excluding hydrogens is 684 g/mol. The second kappa shape index (κ2) is 25.8. The zero-order chi connectivity index (χ0) is 36.7. The summed E-state index contributed by atoms with van der Waals surface area (Å²) in [5.41, 5.74) is 1.99. The minimum atomic E-state index is -3.78. The van der Waals surface area contributed by atoms with Gasteiger partial charge in [0.05, 0.1) is 89.8 Å². The standard InChI is InChI=1S/C19H22O5S.C12H24O5.C5H12O3.CH4/c1-19(2)22-14-17(24-19)12-13-23-25(20,21)18-10-8-16(9-11-18)15-6-4-3-5-7-15;1-12(2)16-10-11(17-12)4-5-14-8-9-15-7-6-13-3;1-7-4-5-8-3-2-6;/h3-11,17H,12-14H2,1-2H3;11H,4-10H2,1-3H3;6H,2-5H2,1H3;1H4/t17-;11-;;/m00../s1. The third-order valence-corrected chi connectivity index (χ3v) is 8.44. The second-order valence-electron chi connectivity index (χ2n) is 12.2. The van der Waals surface area contributed by atoms with Gasteiger partial charge >= 0.3 is 0 Å². The number of benzene rings is 2. The van der Waals surface area contributed by atoms with Gasteiger partial charge in [-0.25, -0.2) is 0 Å². The predicted octanol–water partition coefficient (Wildman–Crippen LogP) is 5.09. The lowest BCUT2D eigenvalue weighted by molar-refractivity contribution is -0.140. The maximum atomic E-state index is 12.3. The molecule has 2 fully saturated rings. The molecule has 2 heterocycles. The van der Waals surface area contributed by atoms with E-state index in [4.69, 9.17) is 47.2 Å². The van der Waals surface area contributed by atoms with Crippen LogP contribution in [0.5, 0.6) is 0 Å². The maximum absolute atomic E-state index is 12.3. The monoisotopic (exact) mass is 746 g/mol. The van der Waals surface area contributed by atoms with Crippen LogP contribution in [0.25, 0.3) is 11.1 Å². The van der Waals surface area contributed by atoms with E-state index in [0.29, 0.717) is 72.5 Å². The van der Waals surface area contributed by atoms with Gasteiger partial charge in [-0.15, -0.1) is 0 Å². The van der Waals surface area contributed by atoms with E-state index in [-0.39, 0.29) is 37.7 Å². The van der Waals surface area contributed by atoms with Gasteiger partial charge in [-0.05, 0) is 57.4 Å². The predicted molar refractivity (Wildman–Crippen MR) is 194 cm³/mol. The Labute approximate surface area is 305 Å². The van der Waals surface area contributed by atoms with E-state index in [1.54, 1.807) is 38.5 Å². The highest BCUT2D eigenvalue weighted by Crippen LogP contribution is 2.26. The van der Waals surface area contributed by atoms with Gasteiger partial charge in [0.1, 0.15) is 0 Å². The molecule has 0 radical (unpaired) electrons. The summed E-state index contributed by atoms with van der Waals surface area (Å²) in [5.74, 6) is -1.05. The lowest BCUT2D eigenvalue weighted by Gasteiger charge is -2.17. The number of aliphatic hydroxyl groups is 1. The molecule has 2 aromatic carbocycles. The Balaban J connectivity index is 0.000000434. The van der Waals surface area contributed by atoms with E-state index in [9.17, 15) is 8.42 Å². The van der Waals surface area contributed by atoms with Crippen LogP contribution in [0.4, 0.5) is 0 Å². The fourth-order valence-electron chi connectivity index (χ4n) is 4.60. The molecule has 51 heavy (non-hydrogen) atoms. The average Bonchev–Trinajstić information content (AvgIpc) is 3.64. The number of methoxy groups -OCH3 is 2. The first-order valence-electron chi connectivity index (χ1n) is 16.9. The third-order valence-electron chi connectivity index (χ3n) is 7.12. The molecular formula is C37H62O13S. The molecule has 0 aliphatic carbocycles. The molecule has 13 nitrogen and oxygen atoms in total. The van der Waals surface area contributed by atoms with Crippen molar-refractivity contribution >= 4 is 10.1 Å². The SMILES string of the molecule is C.CC1(C)OC[C@H](CCOS(=O)(=O)c2ccc(-c3ccccc3)cc2)O1.COCCOCCO.COCCOCCOCC[C@H]1COC(C)(C)O1. The molecule has 1 N–H and O–H groups in total. The second-order valence-corrected chi connectivity index (χ2v) is 13.8. The van der Waals surface area contributed by atoms with Gasteiger partial charge in [0, 0.05) is 27.2 Å². The average molecular weight is 747 g/mol. The Morgan fingerprint density at radius 3 is 1.57 bits per heavy atom. The van der Waals surface area contributed by atoms with Gasteiger partial charge in [0.15, 0.2) is 11.6 Å². The van der Waals surface area contributed by atoms with Crippen molar-refractivity contribution in [3.63, 3.8) is 0 Å². The highest BCUT2D eigenvalue weighted by Gasteiger charge is 2.33. The van der Waals surface area contributed by atoms with Crippen molar-refractivity contribution in [3.8, 4) is 11.1 Å². The molecule has 2 aliphatic rings. The van der Waals surface area contributed by atoms with Crippen LogP contribution in [0, 0.1) is 0 Å². The normalized spacial score (nSPS) is 19.0. The fraction of sp³-hybridized carbons (Fsp3) is 0.676. The molecule has 0 amide bonds. The molecule has 14 heteroatoms. The first-order chi connectivity index (χ1) is 23.9. The van der Waals surface area contributed by atoms with Crippen LogP contribution >= 0.6 is 0 Å². The largest absolute Gasteiger partial charge is 0.394 e. The van der Waals surface area contributed by atoms with E-state index < -0.39 is 21.7 Å². The zero-order valence-corrected chi connectivity index (χ0v) is 31.3. The van der Waals surface area contributed by atoms with Crippen molar-refractivity contribution in [2.24, 2.45) is 0 Å². The molecule has 4 rings (SSSR count). The molecule has 0 spiro atoms. The van der Waals surface area contributed by atoms with E-state index in [0.717, 1.165) is 17.5 Å². The van der Waals surface area contributed by atoms with Crippen LogP contribution in [0.2, 0.25) is 0 Å². The summed E-state index contributed by atoms with van der Waals surface area (Å²) in [6, 6.07) is 16.5. The van der Waals surface area contributed by atoms with Crippen molar-refractivity contribution in [1.82, 2.24) is 0 Å². The van der Waals surface area contributed by atoms with Gasteiger partial charge in [-0.2, -0.15) is 8.42 Å². The number of ether oxygens (including phenoxy) is 9. The molecule has 2 aliphatic heterocycles. The van der Waals surface area contributed by atoms with Gasteiger partial charge in [-0.1, -0.05) is 49.9 Å². The molecule has 2 atom stereocenters. The zero-order valence-electron chi connectivity index (χ0n) is 30.5. The topological polar surface area (TPSA) is 147 Å². The van der Waals surface area contributed by atoms with Crippen LogP contribution in [0.3, 0.4) is 0 Å². The summed E-state index contributed by atoms with van der Waals surface area (Å²) < 4.78 is 77.0. The first-order valence-corrected chi connectivity index (χ1v) is 18.3. The van der Waals surface area contributed by atoms with E-state index >= 15 is 0 Å². The molecule has 2 aromatic rings. The molecule has 294 valence electrons. The van der Waals surface area contributed by atoms with Crippen LogP contribution in [-0.2, 0) is 56.9 Å². The number of hydrogen-bond acceptors (Lipinski definition) is 13. The number of hydrogen-bond donors (Lipinski definition) is 1. The van der Waals surface area contributed by atoms with E-state index in [2.05, 4.69) is 4.74 Å². The Kier molecular flexibility index (Phi) is 23.8. The van der Waals surface area contributed by atoms with Crippen LogP contribution in [-0.4, -0.2) is 131 Å². The number of aliphatic hydroxyl groups excluding tert-OH is 1. The first kappa shape index (κ1) is 47.0. The lowest BCUT2D eigenvalue weighted by atomic mass is 10.1. The summed E-state index contributed by atoms with van der Waals surface area (Å²) in [5, 5.41) is 8.20. The summed E-state index contributed by atoms with van der Waals surface area (Å²) in [4.78, 5) is 0.149. The van der Waals surface area contributed by atoms with Crippen LogP contribution in [0.15, 0.2) is 59.5 Å². The summed E-state index contributed by atoms with van der Waals surface area (Å²) in [7, 11) is -0.505. The van der Waals surface area contributed by atoms with Gasteiger partial charge in [0.25, 0.3) is 10.1 Å². The van der Waals surface area contributed by atoms with Crippen molar-refractivity contribution in [2.45, 2.75) is 76.6 Å². The summed E-state index contributed by atoms with van der Waals surface area (Å²) in [6.45, 7) is 13.5. The fourth-order valence-corrected chi connectivity index (χ4v) is 5.52. The Bertz CT molecular complexity index is 1230. The quantitative estimate of drug-likeness (QED) is 0.142. The van der Waals surface area contributed by atoms with Crippen molar-refractivity contribution < 1.29 is 60.3 Å². The highest BCUT2D eigenvalue weighted by atomic mass is 32.2. The molecule has 2 saturated heterocycles. The Morgan fingerprint density at radius 1 is 0.647 bits per heavy atom. The Morgan fingerprint density at radius 2 is 1.10 bits per heavy atom. The van der Waals surface area contributed by atoms with Crippen molar-refractivity contribution in [2.75, 3.05) is 93.5 Å². The van der Waals surface area contributed by atoms with E-state index in [1.807, 2.05) is 58.0 Å². The van der Waals surface area contributed by atoms with Gasteiger partial charge in [-0.3, -0.25) is 4.18 Å². The maximum Gasteiger partial charge on any atom is 0.296 e. The Hall–Kier alpha value is -2.05. The molecule has 0 unspecified atom stereocenters. The highest BCUT2D eigenvalue weighted by molar-refractivity contribution is 7.86. The number of rotatable bonds is 20. The van der Waals surface area contributed by atoms with Crippen molar-refractivity contribution in [1.29, 1.82) is 0 Å². The van der Waals surface area contributed by atoms with E-state index in [1.165, 1.54) is 0 Å². The summed E-state index contributed by atoms with van der Waals surface area (Å²) in [6.07, 6.45) is 1.33. The van der Waals surface area contributed by atoms with Gasteiger partial charge < -0.3 is 47.7 Å². The molecule has 0 bridgehead atoms. The van der Waals surface area contributed by atoms with Crippen molar-refractivity contribution in [3.05, 3.63) is 54.6 Å².